The van der Waals surface area contributed by atoms with Crippen LogP contribution in [0.3, 0.4) is 0 Å². The number of furan rings is 1. The molecule has 0 aliphatic carbocycles. The van der Waals surface area contributed by atoms with E-state index in [1.54, 1.807) is 4.90 Å². The predicted molar refractivity (Wildman–Crippen MR) is 101 cm³/mol. The molecule has 0 unspecified atom stereocenters. The number of carbonyl (C=O) groups is 1. The van der Waals surface area contributed by atoms with Gasteiger partial charge in [0.25, 0.3) is 5.91 Å². The van der Waals surface area contributed by atoms with Gasteiger partial charge < -0.3 is 14.4 Å². The molecule has 1 aromatic carbocycles. The Bertz CT molecular complexity index is 770. The Morgan fingerprint density at radius 2 is 2.08 bits per heavy atom. The lowest BCUT2D eigenvalue weighted by atomic mass is 9.90. The van der Waals surface area contributed by atoms with Gasteiger partial charge in [0.05, 0.1) is 6.54 Å². The molecule has 2 heterocycles. The van der Waals surface area contributed by atoms with Crippen LogP contribution in [0.2, 0.25) is 0 Å². The van der Waals surface area contributed by atoms with Crippen LogP contribution in [-0.4, -0.2) is 46.6 Å². The van der Waals surface area contributed by atoms with E-state index < -0.39 is 5.60 Å². The zero-order valence-corrected chi connectivity index (χ0v) is 15.9. The summed E-state index contributed by atoms with van der Waals surface area (Å²) in [6.45, 7) is 6.06. The van der Waals surface area contributed by atoms with Crippen molar-refractivity contribution >= 4 is 5.91 Å². The van der Waals surface area contributed by atoms with Crippen LogP contribution in [0.25, 0.3) is 0 Å². The molecule has 1 fully saturated rings. The fourth-order valence-electron chi connectivity index (χ4n) is 3.73. The molecule has 1 N–H and O–H groups in total. The Kier molecular flexibility index (Phi) is 5.49. The van der Waals surface area contributed by atoms with Crippen LogP contribution in [0.5, 0.6) is 0 Å². The van der Waals surface area contributed by atoms with Crippen LogP contribution in [0.15, 0.2) is 40.8 Å². The number of piperidine rings is 1. The van der Waals surface area contributed by atoms with Crippen molar-refractivity contribution in [3.8, 4) is 0 Å². The molecule has 5 heteroatoms. The average Bonchev–Trinajstić information content (AvgIpc) is 2.97. The highest BCUT2D eigenvalue weighted by molar-refractivity contribution is 5.86. The second kappa shape index (κ2) is 7.64. The summed E-state index contributed by atoms with van der Waals surface area (Å²) in [4.78, 5) is 16.7. The minimum absolute atomic E-state index is 0.173. The summed E-state index contributed by atoms with van der Waals surface area (Å²) in [5.74, 6) is 1.53. The summed E-state index contributed by atoms with van der Waals surface area (Å²) < 4.78 is 5.60. The lowest BCUT2D eigenvalue weighted by Crippen LogP contribution is -2.57. The van der Waals surface area contributed by atoms with Crippen molar-refractivity contribution in [2.45, 2.75) is 45.4 Å². The van der Waals surface area contributed by atoms with Gasteiger partial charge in [0.2, 0.25) is 0 Å². The summed E-state index contributed by atoms with van der Waals surface area (Å²) in [6, 6.07) is 12.0. The third-order valence-electron chi connectivity index (χ3n) is 4.91. The fraction of sp³-hybridized carbons (Fsp3) is 0.476. The molecule has 1 amide bonds. The Hall–Kier alpha value is -2.11. The molecule has 1 aliphatic heterocycles. The molecule has 5 nitrogen and oxygen atoms in total. The number of hydrogen-bond donors (Lipinski definition) is 1. The van der Waals surface area contributed by atoms with Gasteiger partial charge in [-0.2, -0.15) is 0 Å². The van der Waals surface area contributed by atoms with Crippen molar-refractivity contribution in [3.63, 3.8) is 0 Å². The number of rotatable bonds is 6. The highest BCUT2D eigenvalue weighted by atomic mass is 16.3. The minimum Gasteiger partial charge on any atom is -0.465 e. The first-order valence-electron chi connectivity index (χ1n) is 9.17. The summed E-state index contributed by atoms with van der Waals surface area (Å²) in [6.07, 6.45) is 1.30. The van der Waals surface area contributed by atoms with E-state index in [1.807, 2.05) is 56.1 Å². The van der Waals surface area contributed by atoms with Crippen molar-refractivity contribution in [2.75, 3.05) is 20.1 Å². The van der Waals surface area contributed by atoms with Crippen LogP contribution < -0.4 is 0 Å². The van der Waals surface area contributed by atoms with Crippen molar-refractivity contribution < 1.29 is 14.3 Å². The first kappa shape index (κ1) is 18.7. The Morgan fingerprint density at radius 3 is 2.77 bits per heavy atom. The number of benzene rings is 1. The summed E-state index contributed by atoms with van der Waals surface area (Å²) >= 11 is 0. The molecule has 0 radical (unpaired) electrons. The van der Waals surface area contributed by atoms with Gasteiger partial charge in [-0.05, 0) is 51.4 Å². The number of likely N-dealkylation sites (N-methyl/N-ethyl adjacent to an activating group) is 1. The number of aliphatic hydroxyl groups is 1. The Morgan fingerprint density at radius 1 is 1.27 bits per heavy atom. The number of nitrogens with zero attached hydrogens (tertiary/aromatic N) is 2. The molecule has 26 heavy (non-hydrogen) atoms. The van der Waals surface area contributed by atoms with Crippen LogP contribution >= 0.6 is 0 Å². The fourth-order valence-corrected chi connectivity index (χ4v) is 3.73. The Balaban J connectivity index is 1.65. The molecule has 3 rings (SSSR count). The molecule has 2 aromatic rings. The summed E-state index contributed by atoms with van der Waals surface area (Å²) in [5, 5.41) is 11.0. The van der Waals surface area contributed by atoms with Gasteiger partial charge in [0, 0.05) is 19.6 Å². The topological polar surface area (TPSA) is 56.9 Å². The smallest absolute Gasteiger partial charge is 0.256 e. The van der Waals surface area contributed by atoms with E-state index in [1.165, 1.54) is 5.56 Å². The number of aryl methyl sites for hydroxylation is 2. The normalized spacial score (nSPS) is 20.8. The SMILES string of the molecule is Cc1cccc(CN2CCC[C@@](O)(CN(C)Cc3ccc(C)o3)C2=O)c1. The molecule has 140 valence electrons. The third kappa shape index (κ3) is 4.34. The minimum atomic E-state index is -1.33. The first-order valence-corrected chi connectivity index (χ1v) is 9.17. The maximum absolute atomic E-state index is 13.0. The molecule has 1 aromatic heterocycles. The zero-order chi connectivity index (χ0) is 18.7. The highest BCUT2D eigenvalue weighted by Gasteiger charge is 2.42. The quantitative estimate of drug-likeness (QED) is 0.865. The predicted octanol–water partition coefficient (Wildman–Crippen LogP) is 2.88. The highest BCUT2D eigenvalue weighted by Crippen LogP contribution is 2.26. The molecule has 0 bridgehead atoms. The molecule has 1 atom stereocenters. The van der Waals surface area contributed by atoms with Gasteiger partial charge in [0.15, 0.2) is 5.60 Å². The standard InChI is InChI=1S/C21H28N2O3/c1-16-6-4-7-18(12-16)13-23-11-5-10-21(25,20(23)24)15-22(3)14-19-9-8-17(2)26-19/h4,6-9,12,25H,5,10-11,13-15H2,1-3H3/t21-/m1/s1. The van der Waals surface area contributed by atoms with E-state index in [2.05, 4.69) is 6.07 Å². The lowest BCUT2D eigenvalue weighted by molar-refractivity contribution is -0.160. The average molecular weight is 356 g/mol. The van der Waals surface area contributed by atoms with Crippen LogP contribution in [-0.2, 0) is 17.9 Å². The molecule has 0 spiro atoms. The molecular formula is C21H28N2O3. The van der Waals surface area contributed by atoms with Crippen molar-refractivity contribution in [1.82, 2.24) is 9.80 Å². The monoisotopic (exact) mass is 356 g/mol. The second-order valence-corrected chi connectivity index (χ2v) is 7.54. The number of amides is 1. The van der Waals surface area contributed by atoms with Crippen LogP contribution in [0.4, 0.5) is 0 Å². The van der Waals surface area contributed by atoms with Gasteiger partial charge in [-0.3, -0.25) is 9.69 Å². The van der Waals surface area contributed by atoms with E-state index in [9.17, 15) is 9.90 Å². The maximum Gasteiger partial charge on any atom is 0.256 e. The second-order valence-electron chi connectivity index (χ2n) is 7.54. The van der Waals surface area contributed by atoms with E-state index in [0.717, 1.165) is 23.5 Å². The van der Waals surface area contributed by atoms with Gasteiger partial charge in [-0.15, -0.1) is 0 Å². The van der Waals surface area contributed by atoms with E-state index in [-0.39, 0.29) is 5.91 Å². The molecular weight excluding hydrogens is 328 g/mol. The molecule has 1 aliphatic rings. The molecule has 1 saturated heterocycles. The first-order chi connectivity index (χ1) is 12.4. The summed E-state index contributed by atoms with van der Waals surface area (Å²) in [7, 11) is 1.91. The van der Waals surface area contributed by atoms with Crippen molar-refractivity contribution in [1.29, 1.82) is 0 Å². The van der Waals surface area contributed by atoms with Crippen molar-refractivity contribution in [3.05, 3.63) is 59.0 Å². The Labute approximate surface area is 155 Å². The zero-order valence-electron chi connectivity index (χ0n) is 15.9. The van der Waals surface area contributed by atoms with Crippen LogP contribution in [0.1, 0.15) is 35.5 Å². The van der Waals surface area contributed by atoms with Crippen molar-refractivity contribution in [2.24, 2.45) is 0 Å². The molecule has 0 saturated carbocycles. The van der Waals surface area contributed by atoms with Gasteiger partial charge in [0.1, 0.15) is 11.5 Å². The maximum atomic E-state index is 13.0. The number of likely N-dealkylation sites (tertiary alicyclic amines) is 1. The van der Waals surface area contributed by atoms with Gasteiger partial charge in [-0.1, -0.05) is 29.8 Å². The van der Waals surface area contributed by atoms with E-state index >= 15 is 0 Å². The third-order valence-corrected chi connectivity index (χ3v) is 4.91. The van der Waals surface area contributed by atoms with Gasteiger partial charge in [-0.25, -0.2) is 0 Å². The summed E-state index contributed by atoms with van der Waals surface area (Å²) in [5.41, 5.74) is 0.941. The van der Waals surface area contributed by atoms with Gasteiger partial charge >= 0.3 is 0 Å². The van der Waals surface area contributed by atoms with Crippen LogP contribution in [0, 0.1) is 13.8 Å². The number of hydrogen-bond acceptors (Lipinski definition) is 4. The lowest BCUT2D eigenvalue weighted by Gasteiger charge is -2.40. The van der Waals surface area contributed by atoms with E-state index in [4.69, 9.17) is 4.42 Å². The largest absolute Gasteiger partial charge is 0.465 e. The van der Waals surface area contributed by atoms with E-state index in [0.29, 0.717) is 32.6 Å². The number of carbonyl (C=O) groups excluding carboxylic acids is 1.